The number of aromatic nitrogens is 2. The number of hydrogen-bond acceptors (Lipinski definition) is 4. The Hall–Kier alpha value is -3.17. The second-order valence-corrected chi connectivity index (χ2v) is 7.68. The van der Waals surface area contributed by atoms with E-state index in [0.717, 1.165) is 43.5 Å². The Bertz CT molecular complexity index is 1070. The van der Waals surface area contributed by atoms with Gasteiger partial charge in [-0.1, -0.05) is 42.5 Å². The predicted octanol–water partition coefficient (Wildman–Crippen LogP) is 3.12. The topological polar surface area (TPSA) is 74.0 Å². The first-order valence-corrected chi connectivity index (χ1v) is 9.66. The molecule has 3 heterocycles. The number of rotatable bonds is 2. The van der Waals surface area contributed by atoms with E-state index in [1.807, 2.05) is 30.3 Å². The number of hydrogen-bond donors (Lipinski definition) is 1. The van der Waals surface area contributed by atoms with E-state index in [0.29, 0.717) is 5.95 Å². The van der Waals surface area contributed by atoms with Crippen molar-refractivity contribution in [3.05, 3.63) is 60.2 Å². The second kappa shape index (κ2) is 6.47. The monoisotopic (exact) mass is 371 g/mol. The number of para-hydroxylation sites is 2. The van der Waals surface area contributed by atoms with Crippen LogP contribution in [0.5, 0.6) is 0 Å². The zero-order valence-corrected chi connectivity index (χ0v) is 15.5. The van der Waals surface area contributed by atoms with Crippen LogP contribution < -0.4 is 5.32 Å². The molecule has 2 aliphatic rings. The van der Waals surface area contributed by atoms with Gasteiger partial charge in [0.25, 0.3) is 0 Å². The molecule has 6 heteroatoms. The third-order valence-corrected chi connectivity index (χ3v) is 6.14. The summed E-state index contributed by atoms with van der Waals surface area (Å²) in [4.78, 5) is 19.7. The van der Waals surface area contributed by atoms with Crippen molar-refractivity contribution in [1.29, 1.82) is 5.26 Å². The minimum atomic E-state index is -0.712. The molecule has 2 aromatic carbocycles. The molecule has 1 N–H and O–H groups in total. The summed E-state index contributed by atoms with van der Waals surface area (Å²) in [5.41, 5.74) is 2.57. The summed E-state index contributed by atoms with van der Waals surface area (Å²) in [6.45, 7) is 2.57. The number of nitriles is 1. The Morgan fingerprint density at radius 1 is 1.11 bits per heavy atom. The fraction of sp³-hybridized carbons (Fsp3) is 0.318. The molecule has 0 bridgehead atoms. The normalized spacial score (nSPS) is 21.2. The van der Waals surface area contributed by atoms with Crippen LogP contribution >= 0.6 is 0 Å². The first-order chi connectivity index (χ1) is 13.7. The van der Waals surface area contributed by atoms with Gasteiger partial charge >= 0.3 is 0 Å². The molecule has 0 radical (unpaired) electrons. The van der Waals surface area contributed by atoms with Crippen molar-refractivity contribution in [2.75, 3.05) is 18.4 Å². The number of benzene rings is 2. The van der Waals surface area contributed by atoms with Gasteiger partial charge in [0.05, 0.1) is 22.6 Å². The lowest BCUT2D eigenvalue weighted by Crippen LogP contribution is -2.56. The van der Waals surface area contributed by atoms with Gasteiger partial charge in [0.2, 0.25) is 11.9 Å². The fourth-order valence-electron chi connectivity index (χ4n) is 4.75. The Labute approximate surface area is 163 Å². The Morgan fingerprint density at radius 2 is 1.82 bits per heavy atom. The molecule has 5 rings (SSSR count). The summed E-state index contributed by atoms with van der Waals surface area (Å²) < 4.78 is 2.12. The Kier molecular flexibility index (Phi) is 3.92. The van der Waals surface area contributed by atoms with Crippen LogP contribution in [0.1, 0.15) is 18.4 Å². The van der Waals surface area contributed by atoms with Crippen molar-refractivity contribution < 1.29 is 4.79 Å². The average Bonchev–Trinajstić information content (AvgIpc) is 3.09. The third kappa shape index (κ3) is 2.51. The van der Waals surface area contributed by atoms with Crippen molar-refractivity contribution >= 4 is 22.9 Å². The van der Waals surface area contributed by atoms with Gasteiger partial charge in [-0.25, -0.2) is 4.98 Å². The molecule has 1 amide bonds. The van der Waals surface area contributed by atoms with E-state index in [2.05, 4.69) is 50.1 Å². The van der Waals surface area contributed by atoms with Crippen molar-refractivity contribution in [2.24, 2.45) is 5.92 Å². The number of fused-ring (bicyclic) bond motifs is 4. The minimum absolute atomic E-state index is 0.234. The molecular weight excluding hydrogens is 350 g/mol. The molecule has 3 aromatic rings. The number of piperidine rings is 1. The molecule has 2 aliphatic heterocycles. The molecule has 140 valence electrons. The van der Waals surface area contributed by atoms with Gasteiger partial charge in [-0.15, -0.1) is 0 Å². The molecule has 1 unspecified atom stereocenters. The van der Waals surface area contributed by atoms with Crippen molar-refractivity contribution in [2.45, 2.75) is 24.9 Å². The summed E-state index contributed by atoms with van der Waals surface area (Å²) in [5.74, 6) is -0.382. The lowest BCUT2D eigenvalue weighted by Gasteiger charge is -2.47. The lowest BCUT2D eigenvalue weighted by atomic mass is 9.74. The fourth-order valence-corrected chi connectivity index (χ4v) is 4.75. The van der Waals surface area contributed by atoms with Crippen LogP contribution in [0, 0.1) is 17.2 Å². The van der Waals surface area contributed by atoms with E-state index in [9.17, 15) is 10.1 Å². The van der Waals surface area contributed by atoms with E-state index >= 15 is 0 Å². The highest BCUT2D eigenvalue weighted by Crippen LogP contribution is 2.45. The van der Waals surface area contributed by atoms with Crippen LogP contribution in [-0.4, -0.2) is 33.4 Å². The maximum Gasteiger partial charge on any atom is 0.246 e. The number of anilines is 1. The van der Waals surface area contributed by atoms with Crippen molar-refractivity contribution in [3.63, 3.8) is 0 Å². The molecule has 1 aromatic heterocycles. The molecule has 1 saturated heterocycles. The largest absolute Gasteiger partial charge is 0.302 e. The Balaban J connectivity index is 1.52. The number of amides is 1. The number of carbonyl (C=O) groups excluding carboxylic acids is 1. The standard InChI is InChI=1S/C22H21N5O/c23-14-17-20(28)25-21-24-18-8-4-5-9-19(18)27(21)22(17)10-12-26(13-11-22)15-16-6-2-1-3-7-16/h1-9,17H,10-13,15H2,(H,24,25,28). The van der Waals surface area contributed by atoms with Gasteiger partial charge in [0, 0.05) is 19.6 Å². The average molecular weight is 371 g/mol. The number of carbonyl (C=O) groups is 1. The molecule has 28 heavy (non-hydrogen) atoms. The molecule has 6 nitrogen and oxygen atoms in total. The van der Waals surface area contributed by atoms with Gasteiger partial charge in [0.1, 0.15) is 5.92 Å². The van der Waals surface area contributed by atoms with Crippen LogP contribution in [0.25, 0.3) is 11.0 Å². The SMILES string of the molecule is N#CC1C(=O)Nc2nc3ccccc3n2C12CCN(Cc1ccccc1)CC2. The smallest absolute Gasteiger partial charge is 0.246 e. The molecule has 0 aliphatic carbocycles. The number of imidazole rings is 1. The van der Waals surface area contributed by atoms with Crippen LogP contribution in [-0.2, 0) is 16.9 Å². The number of nitrogens with zero attached hydrogens (tertiary/aromatic N) is 4. The van der Waals surface area contributed by atoms with E-state index in [4.69, 9.17) is 0 Å². The van der Waals surface area contributed by atoms with Gasteiger partial charge in [-0.2, -0.15) is 5.26 Å². The second-order valence-electron chi connectivity index (χ2n) is 7.68. The number of likely N-dealkylation sites (tertiary alicyclic amines) is 1. The quantitative estimate of drug-likeness (QED) is 0.751. The van der Waals surface area contributed by atoms with E-state index in [-0.39, 0.29) is 5.91 Å². The maximum atomic E-state index is 12.7. The van der Waals surface area contributed by atoms with Crippen LogP contribution in [0.3, 0.4) is 0 Å². The zero-order valence-electron chi connectivity index (χ0n) is 15.5. The van der Waals surface area contributed by atoms with E-state index in [1.165, 1.54) is 5.56 Å². The summed E-state index contributed by atoms with van der Waals surface area (Å²) in [5, 5.41) is 12.7. The Morgan fingerprint density at radius 3 is 2.57 bits per heavy atom. The van der Waals surface area contributed by atoms with Crippen molar-refractivity contribution in [3.8, 4) is 6.07 Å². The minimum Gasteiger partial charge on any atom is -0.302 e. The summed E-state index contributed by atoms with van der Waals surface area (Å²) >= 11 is 0. The molecule has 1 spiro atoms. The molecule has 0 saturated carbocycles. The molecular formula is C22H21N5O. The zero-order chi connectivity index (χ0) is 19.1. The lowest BCUT2D eigenvalue weighted by molar-refractivity contribution is -0.123. The third-order valence-electron chi connectivity index (χ3n) is 6.14. The predicted molar refractivity (Wildman–Crippen MR) is 106 cm³/mol. The van der Waals surface area contributed by atoms with E-state index in [1.54, 1.807) is 0 Å². The van der Waals surface area contributed by atoms with E-state index < -0.39 is 11.5 Å². The molecule has 1 atom stereocenters. The van der Waals surface area contributed by atoms with Gasteiger partial charge in [-0.05, 0) is 30.5 Å². The number of nitrogens with one attached hydrogen (secondary N) is 1. The summed E-state index contributed by atoms with van der Waals surface area (Å²) in [6, 6.07) is 20.6. The van der Waals surface area contributed by atoms with Gasteiger partial charge < -0.3 is 4.57 Å². The summed E-state index contributed by atoms with van der Waals surface area (Å²) in [7, 11) is 0. The maximum absolute atomic E-state index is 12.7. The highest BCUT2D eigenvalue weighted by molar-refractivity contribution is 5.97. The van der Waals surface area contributed by atoms with Crippen molar-refractivity contribution in [1.82, 2.24) is 14.5 Å². The highest BCUT2D eigenvalue weighted by Gasteiger charge is 2.51. The summed E-state index contributed by atoms with van der Waals surface area (Å²) in [6.07, 6.45) is 1.50. The first kappa shape index (κ1) is 17.0. The van der Waals surface area contributed by atoms with Crippen LogP contribution in [0.15, 0.2) is 54.6 Å². The van der Waals surface area contributed by atoms with Crippen LogP contribution in [0.2, 0.25) is 0 Å². The van der Waals surface area contributed by atoms with Gasteiger partial charge in [0.15, 0.2) is 0 Å². The van der Waals surface area contributed by atoms with Gasteiger partial charge in [-0.3, -0.25) is 15.0 Å². The highest BCUT2D eigenvalue weighted by atomic mass is 16.2. The van der Waals surface area contributed by atoms with Crippen LogP contribution in [0.4, 0.5) is 5.95 Å². The molecule has 1 fully saturated rings. The first-order valence-electron chi connectivity index (χ1n) is 9.66.